The first kappa shape index (κ1) is 42.8. The lowest BCUT2D eigenvalue weighted by molar-refractivity contribution is -0.389. The number of unbranched alkanes of at least 4 members (excludes halogenated alkanes) is 4. The Morgan fingerprint density at radius 2 is 0.939 bits per heavy atom. The summed E-state index contributed by atoms with van der Waals surface area (Å²) in [4.78, 5) is 0. The molecule has 3 aliphatic rings. The van der Waals surface area contributed by atoms with Gasteiger partial charge >= 0.3 is 0 Å². The second-order valence-electron chi connectivity index (χ2n) is 13.1. The van der Waals surface area contributed by atoms with Gasteiger partial charge in [-0.05, 0) is 32.6 Å². The van der Waals surface area contributed by atoms with E-state index >= 15 is 0 Å². The summed E-state index contributed by atoms with van der Waals surface area (Å²) in [5, 5.41) is 63.4. The van der Waals surface area contributed by atoms with Crippen LogP contribution in [0.4, 0.5) is 0 Å². The van der Waals surface area contributed by atoms with Crippen LogP contribution in [0.25, 0.3) is 0 Å². The summed E-state index contributed by atoms with van der Waals surface area (Å²) in [6.45, 7) is 10.4. The summed E-state index contributed by atoms with van der Waals surface area (Å²) >= 11 is 0. The average Bonchev–Trinajstić information content (AvgIpc) is 3.09. The van der Waals surface area contributed by atoms with Gasteiger partial charge in [-0.2, -0.15) is 0 Å². The molecule has 0 bridgehead atoms. The van der Waals surface area contributed by atoms with Crippen molar-refractivity contribution in [3.8, 4) is 0 Å². The Balaban J connectivity index is 1.98. The fraction of sp³-hybridized carbons (Fsp3) is 1.00. The van der Waals surface area contributed by atoms with E-state index in [1.165, 1.54) is 0 Å². The Hall–Kier alpha value is -0.600. The smallest absolute Gasteiger partial charge is 0.187 e. The molecule has 6 unspecified atom stereocenters. The van der Waals surface area contributed by atoms with Crippen molar-refractivity contribution in [1.29, 1.82) is 0 Å². The third-order valence-electron chi connectivity index (χ3n) is 9.16. The first-order valence-electron chi connectivity index (χ1n) is 18.3. The summed E-state index contributed by atoms with van der Waals surface area (Å²) in [6, 6.07) is 0. The lowest BCUT2D eigenvalue weighted by atomic mass is 9.95. The van der Waals surface area contributed by atoms with E-state index in [9.17, 15) is 30.6 Å². The highest BCUT2D eigenvalue weighted by Gasteiger charge is 2.55. The van der Waals surface area contributed by atoms with E-state index in [0.29, 0.717) is 26.2 Å². The van der Waals surface area contributed by atoms with Crippen LogP contribution in [0.15, 0.2) is 0 Å². The zero-order chi connectivity index (χ0) is 35.9. The molecule has 6 N–H and O–H groups in total. The predicted octanol–water partition coefficient (Wildman–Crippen LogP) is 0.752. The highest BCUT2D eigenvalue weighted by molar-refractivity contribution is 4.97. The molecule has 3 heterocycles. The van der Waals surface area contributed by atoms with E-state index in [2.05, 4.69) is 20.8 Å². The second kappa shape index (κ2) is 22.5. The van der Waals surface area contributed by atoms with Crippen molar-refractivity contribution in [3.05, 3.63) is 0 Å². The third kappa shape index (κ3) is 11.7. The van der Waals surface area contributed by atoms with E-state index < -0.39 is 105 Å². The Bertz CT molecular complexity index is 869. The summed E-state index contributed by atoms with van der Waals surface area (Å²) in [5.74, 6) is 0. The monoisotopic (exact) mass is 712 g/mol. The lowest BCUT2D eigenvalue weighted by Crippen LogP contribution is -2.67. The van der Waals surface area contributed by atoms with E-state index in [0.717, 1.165) is 44.9 Å². The van der Waals surface area contributed by atoms with E-state index in [1.807, 2.05) is 13.8 Å². The molecule has 15 heteroatoms. The SMILES string of the molecule is CCCCOC1[C@H](OCCCC)C(C)O[C@@H](OC2[C@H](O[C@@H]3O[C@@H](CO)[C@H](O)C(O)C3O)C(CO)O[C@@H](OCCCC)[C@H]2O)[C@H]1OCCCC. The van der Waals surface area contributed by atoms with Gasteiger partial charge in [0.2, 0.25) is 0 Å². The first-order chi connectivity index (χ1) is 23.7. The van der Waals surface area contributed by atoms with Gasteiger partial charge in [0, 0.05) is 26.4 Å². The largest absolute Gasteiger partial charge is 0.394 e. The fourth-order valence-corrected chi connectivity index (χ4v) is 6.10. The minimum atomic E-state index is -1.75. The van der Waals surface area contributed by atoms with Crippen LogP contribution in [0.2, 0.25) is 0 Å². The predicted molar refractivity (Wildman–Crippen MR) is 174 cm³/mol. The average molecular weight is 713 g/mol. The highest BCUT2D eigenvalue weighted by atomic mass is 16.8. The van der Waals surface area contributed by atoms with Crippen LogP contribution in [0.3, 0.4) is 0 Å². The maximum atomic E-state index is 11.7. The van der Waals surface area contributed by atoms with E-state index in [1.54, 1.807) is 0 Å². The van der Waals surface area contributed by atoms with Gasteiger partial charge in [-0.1, -0.05) is 53.4 Å². The number of aliphatic hydroxyl groups excluding tert-OH is 6. The molecule has 290 valence electrons. The van der Waals surface area contributed by atoms with Gasteiger partial charge in [0.05, 0.1) is 19.3 Å². The topological polar surface area (TPSA) is 204 Å². The van der Waals surface area contributed by atoms with E-state index in [4.69, 9.17) is 42.6 Å². The zero-order valence-electron chi connectivity index (χ0n) is 29.9. The summed E-state index contributed by atoms with van der Waals surface area (Å²) in [5.41, 5.74) is 0. The van der Waals surface area contributed by atoms with Gasteiger partial charge in [-0.3, -0.25) is 0 Å². The number of hydrogen-bond donors (Lipinski definition) is 6. The Morgan fingerprint density at radius 3 is 1.49 bits per heavy atom. The van der Waals surface area contributed by atoms with Gasteiger partial charge in [-0.15, -0.1) is 0 Å². The zero-order valence-corrected chi connectivity index (χ0v) is 29.9. The molecule has 0 amide bonds. The van der Waals surface area contributed by atoms with Crippen molar-refractivity contribution in [2.75, 3.05) is 39.6 Å². The van der Waals surface area contributed by atoms with Gasteiger partial charge in [-0.25, -0.2) is 0 Å². The molecule has 15 atom stereocenters. The van der Waals surface area contributed by atoms with Crippen LogP contribution in [0.5, 0.6) is 0 Å². The van der Waals surface area contributed by atoms with Gasteiger partial charge in [0.15, 0.2) is 18.9 Å². The standard InChI is InChI=1S/C34H64O15/c1-6-10-14-41-27-20(5)45-34(31(43-16-12-8-3)30(27)42-15-11-7-2)49-29-26(40)32(44-17-13-9-4)47-22(19-36)28(29)48-33-25(39)24(38)23(37)21(18-35)46-33/h20-40H,6-19H2,1-5H3/t20?,21-,22?,23-,24?,25?,26-,27+,28+,29?,30?,31-,32+,33-,34-/m0/s1. The molecule has 0 aromatic carbocycles. The van der Waals surface area contributed by atoms with Crippen molar-refractivity contribution < 1.29 is 73.3 Å². The molecule has 0 aliphatic carbocycles. The Morgan fingerprint density at radius 1 is 0.449 bits per heavy atom. The molecule has 0 saturated carbocycles. The fourth-order valence-electron chi connectivity index (χ4n) is 6.10. The lowest BCUT2D eigenvalue weighted by Gasteiger charge is -2.50. The molecular weight excluding hydrogens is 648 g/mol. The van der Waals surface area contributed by atoms with Crippen LogP contribution >= 0.6 is 0 Å². The van der Waals surface area contributed by atoms with E-state index in [-0.39, 0.29) is 6.61 Å². The number of aliphatic hydroxyl groups is 6. The Kier molecular flexibility index (Phi) is 19.6. The van der Waals surface area contributed by atoms with Crippen LogP contribution in [0, 0.1) is 0 Å². The van der Waals surface area contributed by atoms with Crippen molar-refractivity contribution >= 4 is 0 Å². The molecular formula is C34H64O15. The summed E-state index contributed by atoms with van der Waals surface area (Å²) < 4.78 is 55.8. The maximum absolute atomic E-state index is 11.7. The minimum Gasteiger partial charge on any atom is -0.394 e. The maximum Gasteiger partial charge on any atom is 0.187 e. The number of ether oxygens (including phenoxy) is 9. The molecule has 3 saturated heterocycles. The quantitative estimate of drug-likeness (QED) is 0.0858. The number of hydrogen-bond acceptors (Lipinski definition) is 15. The second-order valence-corrected chi connectivity index (χ2v) is 13.1. The van der Waals surface area contributed by atoms with Gasteiger partial charge in [0.25, 0.3) is 0 Å². The summed E-state index contributed by atoms with van der Waals surface area (Å²) in [6.07, 6.45) is -11.1. The highest BCUT2D eigenvalue weighted by Crippen LogP contribution is 2.35. The molecule has 0 aromatic rings. The molecule has 3 rings (SSSR count). The molecule has 0 aromatic heterocycles. The van der Waals surface area contributed by atoms with Crippen LogP contribution in [0.1, 0.15) is 86.0 Å². The normalized spacial score (nSPS) is 40.1. The van der Waals surface area contributed by atoms with Crippen molar-refractivity contribution in [2.24, 2.45) is 0 Å². The number of rotatable bonds is 22. The summed E-state index contributed by atoms with van der Waals surface area (Å²) in [7, 11) is 0. The molecule has 3 aliphatic heterocycles. The van der Waals surface area contributed by atoms with Crippen molar-refractivity contribution in [3.63, 3.8) is 0 Å². The van der Waals surface area contributed by atoms with Crippen LogP contribution < -0.4 is 0 Å². The van der Waals surface area contributed by atoms with Crippen LogP contribution in [-0.2, 0) is 42.6 Å². The van der Waals surface area contributed by atoms with Crippen molar-refractivity contribution in [1.82, 2.24) is 0 Å². The first-order valence-corrected chi connectivity index (χ1v) is 18.3. The molecule has 15 nitrogen and oxygen atoms in total. The minimum absolute atomic E-state index is 0.269. The van der Waals surface area contributed by atoms with Crippen LogP contribution in [-0.4, -0.2) is 162 Å². The Labute approximate surface area is 291 Å². The molecule has 3 fully saturated rings. The van der Waals surface area contributed by atoms with Gasteiger partial charge < -0.3 is 73.3 Å². The van der Waals surface area contributed by atoms with Gasteiger partial charge in [0.1, 0.15) is 67.1 Å². The molecule has 0 spiro atoms. The molecule has 49 heavy (non-hydrogen) atoms. The van der Waals surface area contributed by atoms with Crippen molar-refractivity contribution in [2.45, 2.75) is 178 Å². The third-order valence-corrected chi connectivity index (χ3v) is 9.16. The molecule has 0 radical (unpaired) electrons.